The first-order valence-corrected chi connectivity index (χ1v) is 13.3. The zero-order chi connectivity index (χ0) is 25.9. The second-order valence-electron chi connectivity index (χ2n) is 8.46. The highest BCUT2D eigenvalue weighted by Crippen LogP contribution is 2.34. The number of nitrogens with zero attached hydrogens (tertiary/aromatic N) is 2. The van der Waals surface area contributed by atoms with Crippen molar-refractivity contribution in [1.29, 1.82) is 5.26 Å². The van der Waals surface area contributed by atoms with Crippen LogP contribution in [0.2, 0.25) is 0 Å². The number of ether oxygens (including phenoxy) is 2. The molecule has 0 fully saturated rings. The largest absolute Gasteiger partial charge is 0.493 e. The molecule has 0 spiro atoms. The first kappa shape index (κ1) is 26.1. The van der Waals surface area contributed by atoms with Gasteiger partial charge in [-0.1, -0.05) is 72.8 Å². The molecular weight excluding hydrogens is 476 g/mol. The van der Waals surface area contributed by atoms with Crippen molar-refractivity contribution >= 4 is 11.8 Å². The average Bonchev–Trinajstić information content (AvgIpc) is 2.96. The van der Waals surface area contributed by atoms with E-state index in [4.69, 9.17) is 14.5 Å². The lowest BCUT2D eigenvalue weighted by molar-refractivity contribution is 0.288. The second kappa shape index (κ2) is 13.3. The zero-order valence-electron chi connectivity index (χ0n) is 21.0. The van der Waals surface area contributed by atoms with E-state index in [1.165, 1.54) is 0 Å². The predicted molar refractivity (Wildman–Crippen MR) is 152 cm³/mol. The van der Waals surface area contributed by atoms with Crippen molar-refractivity contribution in [3.05, 3.63) is 109 Å². The SMILES string of the molecule is C=CCc1ccc(OCCCCSc2nc(-c3ccccc3)cc(-c3ccccc3)c2C#N)c(OC)c1. The molecule has 0 unspecified atom stereocenters. The molecule has 5 heteroatoms. The fourth-order valence-corrected chi connectivity index (χ4v) is 5.02. The van der Waals surface area contributed by atoms with Crippen molar-refractivity contribution in [3.8, 4) is 40.0 Å². The molecule has 0 radical (unpaired) electrons. The summed E-state index contributed by atoms with van der Waals surface area (Å²) in [6.45, 7) is 4.38. The van der Waals surface area contributed by atoms with Gasteiger partial charge >= 0.3 is 0 Å². The van der Waals surface area contributed by atoms with E-state index in [0.29, 0.717) is 12.2 Å². The summed E-state index contributed by atoms with van der Waals surface area (Å²) < 4.78 is 11.5. The molecule has 37 heavy (non-hydrogen) atoms. The molecule has 0 N–H and O–H groups in total. The molecule has 0 saturated carbocycles. The lowest BCUT2D eigenvalue weighted by atomic mass is 9.99. The smallest absolute Gasteiger partial charge is 0.161 e. The molecule has 0 bridgehead atoms. The summed E-state index contributed by atoms with van der Waals surface area (Å²) in [7, 11) is 1.66. The van der Waals surface area contributed by atoms with E-state index in [1.807, 2.05) is 91.0 Å². The Morgan fingerprint density at radius 1 is 0.919 bits per heavy atom. The van der Waals surface area contributed by atoms with E-state index in [-0.39, 0.29) is 0 Å². The van der Waals surface area contributed by atoms with E-state index in [0.717, 1.165) is 69.5 Å². The Morgan fingerprint density at radius 3 is 2.32 bits per heavy atom. The van der Waals surface area contributed by atoms with E-state index in [2.05, 4.69) is 12.6 Å². The van der Waals surface area contributed by atoms with Crippen molar-refractivity contribution in [2.24, 2.45) is 0 Å². The summed E-state index contributed by atoms with van der Waals surface area (Å²) in [6.07, 6.45) is 4.49. The highest BCUT2D eigenvalue weighted by molar-refractivity contribution is 7.99. The Bertz CT molecular complexity index is 1370. The van der Waals surface area contributed by atoms with Crippen LogP contribution >= 0.6 is 11.8 Å². The minimum absolute atomic E-state index is 0.593. The summed E-state index contributed by atoms with van der Waals surface area (Å²) in [5.41, 5.74) is 5.60. The van der Waals surface area contributed by atoms with Gasteiger partial charge in [-0.25, -0.2) is 4.98 Å². The fourth-order valence-electron chi connectivity index (χ4n) is 4.02. The van der Waals surface area contributed by atoms with Crippen LogP contribution < -0.4 is 9.47 Å². The third-order valence-corrected chi connectivity index (χ3v) is 6.96. The highest BCUT2D eigenvalue weighted by Gasteiger charge is 2.15. The van der Waals surface area contributed by atoms with Crippen LogP contribution in [0.5, 0.6) is 11.5 Å². The molecule has 4 nitrogen and oxygen atoms in total. The Kier molecular flexibility index (Phi) is 9.40. The number of hydrogen-bond acceptors (Lipinski definition) is 5. The molecule has 4 aromatic rings. The number of thioether (sulfide) groups is 1. The van der Waals surface area contributed by atoms with Gasteiger partial charge in [-0.05, 0) is 54.3 Å². The van der Waals surface area contributed by atoms with Crippen molar-refractivity contribution in [1.82, 2.24) is 4.98 Å². The summed E-state index contributed by atoms with van der Waals surface area (Å²) in [5, 5.41) is 10.8. The van der Waals surface area contributed by atoms with Crippen LogP contribution in [0.4, 0.5) is 0 Å². The number of unbranched alkanes of at least 4 members (excludes halogenated alkanes) is 1. The van der Waals surface area contributed by atoms with Crippen LogP contribution in [0.1, 0.15) is 24.0 Å². The molecule has 0 aliphatic heterocycles. The van der Waals surface area contributed by atoms with Gasteiger partial charge < -0.3 is 9.47 Å². The third kappa shape index (κ3) is 6.81. The Labute approximate surface area is 223 Å². The number of rotatable bonds is 12. The van der Waals surface area contributed by atoms with E-state index >= 15 is 0 Å². The maximum absolute atomic E-state index is 10.1. The van der Waals surface area contributed by atoms with Gasteiger partial charge in [-0.3, -0.25) is 0 Å². The fraction of sp³-hybridized carbons (Fsp3) is 0.188. The molecule has 0 atom stereocenters. The molecule has 4 rings (SSSR count). The van der Waals surface area contributed by atoms with Gasteiger partial charge in [0.05, 0.1) is 25.0 Å². The van der Waals surface area contributed by atoms with Crippen LogP contribution in [0, 0.1) is 11.3 Å². The summed E-state index contributed by atoms with van der Waals surface area (Å²) in [5.74, 6) is 2.33. The number of nitriles is 1. The number of allylic oxidation sites excluding steroid dienone is 1. The molecule has 0 amide bonds. The minimum atomic E-state index is 0.593. The molecular formula is C32H30N2O2S. The summed E-state index contributed by atoms with van der Waals surface area (Å²) in [4.78, 5) is 4.90. The maximum atomic E-state index is 10.1. The monoisotopic (exact) mass is 506 g/mol. The molecule has 3 aromatic carbocycles. The molecule has 186 valence electrons. The summed E-state index contributed by atoms with van der Waals surface area (Å²) >= 11 is 1.63. The van der Waals surface area contributed by atoms with Crippen molar-refractivity contribution in [2.75, 3.05) is 19.5 Å². The number of methoxy groups -OCH3 is 1. The molecule has 1 heterocycles. The van der Waals surface area contributed by atoms with E-state index in [1.54, 1.807) is 18.9 Å². The Morgan fingerprint density at radius 2 is 1.65 bits per heavy atom. The molecule has 0 saturated heterocycles. The van der Waals surface area contributed by atoms with Crippen LogP contribution in [0.25, 0.3) is 22.4 Å². The quantitative estimate of drug-likeness (QED) is 0.111. The van der Waals surface area contributed by atoms with Crippen molar-refractivity contribution in [3.63, 3.8) is 0 Å². The lowest BCUT2D eigenvalue weighted by Crippen LogP contribution is -2.01. The van der Waals surface area contributed by atoms with Crippen LogP contribution in [0.15, 0.2) is 103 Å². The predicted octanol–water partition coefficient (Wildman–Crippen LogP) is 7.98. The molecule has 1 aromatic heterocycles. The van der Waals surface area contributed by atoms with Crippen molar-refractivity contribution in [2.45, 2.75) is 24.3 Å². The Hall–Kier alpha value is -4.01. The standard InChI is InChI=1S/C32H30N2O2S/c1-3-12-24-17-18-30(31(21-24)35-2)36-19-10-11-20-37-32-28(23-33)27(25-13-6-4-7-14-25)22-29(34-32)26-15-8-5-9-16-26/h3-9,13-18,21-22H,1,10-12,19-20H2,2H3. The number of benzene rings is 3. The number of aromatic nitrogens is 1. The van der Waals surface area contributed by atoms with Gasteiger partial charge in [-0.15, -0.1) is 18.3 Å². The second-order valence-corrected chi connectivity index (χ2v) is 9.54. The Balaban J connectivity index is 1.43. The van der Waals surface area contributed by atoms with Crippen LogP contribution in [0.3, 0.4) is 0 Å². The first-order valence-electron chi connectivity index (χ1n) is 12.3. The molecule has 0 aliphatic carbocycles. The van der Waals surface area contributed by atoms with Gasteiger partial charge in [0, 0.05) is 11.1 Å². The number of pyridine rings is 1. The average molecular weight is 507 g/mol. The number of hydrogen-bond donors (Lipinski definition) is 0. The minimum Gasteiger partial charge on any atom is -0.493 e. The van der Waals surface area contributed by atoms with Crippen LogP contribution in [-0.4, -0.2) is 24.5 Å². The maximum Gasteiger partial charge on any atom is 0.161 e. The van der Waals surface area contributed by atoms with E-state index in [9.17, 15) is 5.26 Å². The lowest BCUT2D eigenvalue weighted by Gasteiger charge is -2.13. The van der Waals surface area contributed by atoms with Crippen molar-refractivity contribution < 1.29 is 9.47 Å². The zero-order valence-corrected chi connectivity index (χ0v) is 21.8. The van der Waals surface area contributed by atoms with Gasteiger partial charge in [0.15, 0.2) is 11.5 Å². The molecule has 0 aliphatic rings. The van der Waals surface area contributed by atoms with E-state index < -0.39 is 0 Å². The normalized spacial score (nSPS) is 10.5. The summed E-state index contributed by atoms with van der Waals surface area (Å²) in [6, 6.07) is 30.6. The van der Waals surface area contributed by atoms with Gasteiger partial charge in [0.1, 0.15) is 11.1 Å². The van der Waals surface area contributed by atoms with Gasteiger partial charge in [-0.2, -0.15) is 5.26 Å². The topological polar surface area (TPSA) is 55.1 Å². The van der Waals surface area contributed by atoms with Gasteiger partial charge in [0.2, 0.25) is 0 Å². The third-order valence-electron chi connectivity index (χ3n) is 5.90. The highest BCUT2D eigenvalue weighted by atomic mass is 32.2. The van der Waals surface area contributed by atoms with Gasteiger partial charge in [0.25, 0.3) is 0 Å². The first-order chi connectivity index (χ1) is 18.2. The van der Waals surface area contributed by atoms with Crippen LogP contribution in [-0.2, 0) is 6.42 Å².